The number of halogens is 1. The maximum Gasteiger partial charge on any atom is 0.283 e. The Bertz CT molecular complexity index is 500. The summed E-state index contributed by atoms with van der Waals surface area (Å²) in [7, 11) is 0. The first-order chi connectivity index (χ1) is 9.67. The van der Waals surface area contributed by atoms with E-state index in [4.69, 9.17) is 0 Å². The van der Waals surface area contributed by atoms with Crippen molar-refractivity contribution in [1.29, 1.82) is 0 Å². The lowest BCUT2D eigenvalue weighted by atomic mass is 9.83. The highest BCUT2D eigenvalue weighted by atomic mass is 79.9. The van der Waals surface area contributed by atoms with Gasteiger partial charge in [-0.05, 0) is 41.1 Å². The highest BCUT2D eigenvalue weighted by molar-refractivity contribution is 9.10. The van der Waals surface area contributed by atoms with Gasteiger partial charge < -0.3 is 5.32 Å². The van der Waals surface area contributed by atoms with Gasteiger partial charge >= 0.3 is 0 Å². The molecule has 1 heterocycles. The van der Waals surface area contributed by atoms with Crippen molar-refractivity contribution in [3.05, 3.63) is 21.0 Å². The molecule has 2 unspecified atom stereocenters. The van der Waals surface area contributed by atoms with Gasteiger partial charge in [-0.2, -0.15) is 5.10 Å². The largest absolute Gasteiger partial charge is 0.380 e. The molecule has 1 N–H and O–H groups in total. The first kappa shape index (κ1) is 15.5. The van der Waals surface area contributed by atoms with Gasteiger partial charge in [-0.15, -0.1) is 0 Å². The average Bonchev–Trinajstić information content (AvgIpc) is 2.47. The number of aromatic nitrogens is 2. The molecular weight excluding hydrogens is 318 g/mol. The molecule has 2 atom stereocenters. The highest BCUT2D eigenvalue weighted by Gasteiger charge is 2.24. The monoisotopic (exact) mass is 341 g/mol. The lowest BCUT2D eigenvalue weighted by Gasteiger charge is -2.32. The summed E-state index contributed by atoms with van der Waals surface area (Å²) in [5.74, 6) is 0.703. The normalized spacial score (nSPS) is 22.8. The van der Waals surface area contributed by atoms with Crippen LogP contribution < -0.4 is 10.9 Å². The molecule has 1 saturated carbocycles. The van der Waals surface area contributed by atoms with Crippen molar-refractivity contribution < 1.29 is 0 Å². The minimum Gasteiger partial charge on any atom is -0.380 e. The van der Waals surface area contributed by atoms with Crippen molar-refractivity contribution in [3.8, 4) is 0 Å². The van der Waals surface area contributed by atoms with Crippen molar-refractivity contribution >= 4 is 21.6 Å². The summed E-state index contributed by atoms with van der Waals surface area (Å²) < 4.78 is 2.13. The Hall–Kier alpha value is -0.840. The van der Waals surface area contributed by atoms with E-state index in [1.54, 1.807) is 6.20 Å². The number of hydrogen-bond acceptors (Lipinski definition) is 3. The molecule has 20 heavy (non-hydrogen) atoms. The molecule has 0 bridgehead atoms. The highest BCUT2D eigenvalue weighted by Crippen LogP contribution is 2.30. The molecule has 0 saturated heterocycles. The molecule has 1 aliphatic carbocycles. The maximum absolute atomic E-state index is 12.2. The van der Waals surface area contributed by atoms with Gasteiger partial charge in [-0.25, -0.2) is 4.68 Å². The Labute approximate surface area is 129 Å². The predicted octanol–water partition coefficient (Wildman–Crippen LogP) is 3.80. The number of nitrogens with zero attached hydrogens (tertiary/aromatic N) is 2. The van der Waals surface area contributed by atoms with Crippen LogP contribution in [0.1, 0.15) is 52.4 Å². The van der Waals surface area contributed by atoms with E-state index >= 15 is 0 Å². The number of anilines is 1. The third kappa shape index (κ3) is 3.43. The topological polar surface area (TPSA) is 46.9 Å². The quantitative estimate of drug-likeness (QED) is 0.885. The number of rotatable bonds is 5. The molecule has 0 spiro atoms. The van der Waals surface area contributed by atoms with E-state index < -0.39 is 0 Å². The smallest absolute Gasteiger partial charge is 0.283 e. The Balaban J connectivity index is 2.17. The van der Waals surface area contributed by atoms with Crippen molar-refractivity contribution in [2.75, 3.05) is 5.32 Å². The summed E-state index contributed by atoms with van der Waals surface area (Å²) in [5.41, 5.74) is 0.799. The zero-order chi connectivity index (χ0) is 14.5. The van der Waals surface area contributed by atoms with Gasteiger partial charge in [0.15, 0.2) is 0 Å². The summed E-state index contributed by atoms with van der Waals surface area (Å²) >= 11 is 3.43. The van der Waals surface area contributed by atoms with Crippen LogP contribution in [0.4, 0.5) is 5.69 Å². The second kappa shape index (κ2) is 7.25. The van der Waals surface area contributed by atoms with Crippen LogP contribution in [0.15, 0.2) is 15.5 Å². The second-order valence-electron chi connectivity index (χ2n) is 5.60. The van der Waals surface area contributed by atoms with Crippen LogP contribution in [0.25, 0.3) is 0 Å². The second-order valence-corrected chi connectivity index (χ2v) is 6.40. The van der Waals surface area contributed by atoms with E-state index in [1.165, 1.54) is 36.8 Å². The average molecular weight is 342 g/mol. The first-order valence-electron chi connectivity index (χ1n) is 7.69. The molecule has 1 aromatic heterocycles. The molecule has 2 rings (SSSR count). The van der Waals surface area contributed by atoms with Crippen LogP contribution in [0.2, 0.25) is 0 Å². The standard InChI is InChI=1S/C15H24BrN3O/c1-3-9-19-15(20)14(16)13(10-17-19)18-12-8-6-5-7-11(12)4-2/h10-12,18H,3-9H2,1-2H3. The summed E-state index contributed by atoms with van der Waals surface area (Å²) in [6.45, 7) is 4.96. The van der Waals surface area contributed by atoms with Gasteiger partial charge in [0.05, 0.1) is 11.9 Å². The lowest BCUT2D eigenvalue weighted by Crippen LogP contribution is -2.33. The Morgan fingerprint density at radius 3 is 2.85 bits per heavy atom. The fourth-order valence-electron chi connectivity index (χ4n) is 3.02. The fourth-order valence-corrected chi connectivity index (χ4v) is 3.44. The molecule has 0 aliphatic heterocycles. The van der Waals surface area contributed by atoms with Gasteiger partial charge in [0.1, 0.15) is 4.47 Å². The minimum atomic E-state index is -0.0410. The zero-order valence-corrected chi connectivity index (χ0v) is 13.9. The molecule has 0 radical (unpaired) electrons. The van der Waals surface area contributed by atoms with Crippen molar-refractivity contribution in [1.82, 2.24) is 9.78 Å². The Morgan fingerprint density at radius 2 is 2.15 bits per heavy atom. The summed E-state index contributed by atoms with van der Waals surface area (Å²) in [6, 6.07) is 0.466. The summed E-state index contributed by atoms with van der Waals surface area (Å²) in [5, 5.41) is 7.79. The number of nitrogens with one attached hydrogen (secondary N) is 1. The molecular formula is C15H24BrN3O. The lowest BCUT2D eigenvalue weighted by molar-refractivity contribution is 0.317. The van der Waals surface area contributed by atoms with Gasteiger partial charge in [0, 0.05) is 12.6 Å². The van der Waals surface area contributed by atoms with Crippen LogP contribution in [-0.4, -0.2) is 15.8 Å². The molecule has 0 amide bonds. The predicted molar refractivity (Wildman–Crippen MR) is 86.1 cm³/mol. The van der Waals surface area contributed by atoms with Crippen LogP contribution in [0.5, 0.6) is 0 Å². The van der Waals surface area contributed by atoms with E-state index in [0.717, 1.165) is 12.1 Å². The van der Waals surface area contributed by atoms with Crippen molar-refractivity contribution in [2.45, 2.75) is 65.0 Å². The van der Waals surface area contributed by atoms with E-state index in [-0.39, 0.29) is 5.56 Å². The maximum atomic E-state index is 12.2. The summed E-state index contributed by atoms with van der Waals surface area (Å²) in [6.07, 6.45) is 8.94. The molecule has 4 nitrogen and oxygen atoms in total. The molecule has 0 aromatic carbocycles. The van der Waals surface area contributed by atoms with E-state index in [2.05, 4.69) is 33.3 Å². The van der Waals surface area contributed by atoms with Crippen molar-refractivity contribution in [2.24, 2.45) is 5.92 Å². The van der Waals surface area contributed by atoms with Crippen LogP contribution >= 0.6 is 15.9 Å². The van der Waals surface area contributed by atoms with Gasteiger partial charge in [0.2, 0.25) is 0 Å². The van der Waals surface area contributed by atoms with Gasteiger partial charge in [0.25, 0.3) is 5.56 Å². The third-order valence-corrected chi connectivity index (χ3v) is 4.96. The molecule has 1 fully saturated rings. The molecule has 5 heteroatoms. The van der Waals surface area contributed by atoms with E-state index in [0.29, 0.717) is 23.0 Å². The van der Waals surface area contributed by atoms with Crippen LogP contribution in [0.3, 0.4) is 0 Å². The van der Waals surface area contributed by atoms with Crippen LogP contribution in [0, 0.1) is 5.92 Å². The molecule has 1 aliphatic rings. The van der Waals surface area contributed by atoms with E-state index in [1.807, 2.05) is 6.92 Å². The number of aryl methyl sites for hydroxylation is 1. The molecule has 1 aromatic rings. The van der Waals surface area contributed by atoms with Crippen molar-refractivity contribution in [3.63, 3.8) is 0 Å². The molecule has 112 valence electrons. The SMILES string of the molecule is CCCn1ncc(NC2CCCCC2CC)c(Br)c1=O. The third-order valence-electron chi connectivity index (χ3n) is 4.19. The minimum absolute atomic E-state index is 0.0410. The van der Waals surface area contributed by atoms with Gasteiger partial charge in [-0.1, -0.05) is 33.1 Å². The summed E-state index contributed by atoms with van der Waals surface area (Å²) in [4.78, 5) is 12.2. The Morgan fingerprint density at radius 1 is 1.40 bits per heavy atom. The van der Waals surface area contributed by atoms with Crippen LogP contribution in [-0.2, 0) is 6.54 Å². The first-order valence-corrected chi connectivity index (χ1v) is 8.48. The zero-order valence-electron chi connectivity index (χ0n) is 12.4. The fraction of sp³-hybridized carbons (Fsp3) is 0.733. The number of hydrogen-bond donors (Lipinski definition) is 1. The Kier molecular flexibility index (Phi) is 5.64. The van der Waals surface area contributed by atoms with Gasteiger partial charge in [-0.3, -0.25) is 4.79 Å². The van der Waals surface area contributed by atoms with E-state index in [9.17, 15) is 4.79 Å².